The van der Waals surface area contributed by atoms with Crippen LogP contribution in [0.5, 0.6) is 11.5 Å². The lowest BCUT2D eigenvalue weighted by atomic mass is 9.87. The molecular formula is C29H37N5O6S. The molecule has 3 N–H and O–H groups in total. The fourth-order valence-electron chi connectivity index (χ4n) is 5.29. The molecule has 2 aliphatic rings. The van der Waals surface area contributed by atoms with Crippen LogP contribution in [-0.4, -0.2) is 88.2 Å². The average Bonchev–Trinajstić information content (AvgIpc) is 3.41. The van der Waals surface area contributed by atoms with Gasteiger partial charge in [0.2, 0.25) is 16.0 Å². The molecule has 0 saturated carbocycles. The Labute approximate surface area is 240 Å². The molecule has 0 radical (unpaired) electrons. The Balaban J connectivity index is 1.08. The molecule has 1 aromatic heterocycles. The van der Waals surface area contributed by atoms with Crippen LogP contribution in [0.4, 0.5) is 5.95 Å². The predicted octanol–water partition coefficient (Wildman–Crippen LogP) is 2.22. The number of piperidine rings is 1. The number of aliphatic hydroxyl groups is 1. The summed E-state index contributed by atoms with van der Waals surface area (Å²) in [5, 5.41) is 13.9. The molecular weight excluding hydrogens is 546 g/mol. The van der Waals surface area contributed by atoms with Gasteiger partial charge in [-0.15, -0.1) is 0 Å². The number of benzene rings is 2. The fraction of sp³-hybridized carbons (Fsp3) is 0.448. The number of nitrogens with one attached hydrogen (secondary N) is 2. The first-order valence-corrected chi connectivity index (χ1v) is 15.2. The second kappa shape index (κ2) is 12.7. The van der Waals surface area contributed by atoms with E-state index in [1.54, 1.807) is 25.4 Å². The molecule has 2 aromatic carbocycles. The molecule has 220 valence electrons. The minimum Gasteiger partial charge on any atom is -0.497 e. The number of methoxy groups -OCH3 is 1. The molecule has 11 nitrogen and oxygen atoms in total. The van der Waals surface area contributed by atoms with Crippen molar-refractivity contribution in [3.8, 4) is 22.8 Å². The van der Waals surface area contributed by atoms with E-state index in [1.807, 2.05) is 30.3 Å². The van der Waals surface area contributed by atoms with Crippen molar-refractivity contribution in [2.45, 2.75) is 41.9 Å². The molecule has 1 unspecified atom stereocenters. The van der Waals surface area contributed by atoms with Crippen LogP contribution in [-0.2, 0) is 14.8 Å². The summed E-state index contributed by atoms with van der Waals surface area (Å²) in [6, 6.07) is 16.1. The van der Waals surface area contributed by atoms with Gasteiger partial charge in [0.1, 0.15) is 24.2 Å². The van der Waals surface area contributed by atoms with Crippen molar-refractivity contribution in [3.63, 3.8) is 0 Å². The first-order chi connectivity index (χ1) is 19.8. The number of nitrogens with zero attached hydrogens (tertiary/aromatic N) is 3. The minimum absolute atomic E-state index is 0.0402. The molecule has 0 amide bonds. The van der Waals surface area contributed by atoms with Crippen molar-refractivity contribution in [2.75, 3.05) is 51.9 Å². The average molecular weight is 584 g/mol. The van der Waals surface area contributed by atoms with Gasteiger partial charge in [-0.25, -0.2) is 23.1 Å². The van der Waals surface area contributed by atoms with Crippen LogP contribution < -0.4 is 24.4 Å². The van der Waals surface area contributed by atoms with E-state index in [-0.39, 0.29) is 23.1 Å². The molecule has 2 atom stereocenters. The van der Waals surface area contributed by atoms with Crippen molar-refractivity contribution in [1.82, 2.24) is 20.0 Å². The Morgan fingerprint density at radius 2 is 1.93 bits per heavy atom. The minimum atomic E-state index is -3.56. The van der Waals surface area contributed by atoms with Crippen LogP contribution >= 0.6 is 0 Å². The molecule has 41 heavy (non-hydrogen) atoms. The smallest absolute Gasteiger partial charge is 0.240 e. The number of ether oxygens (including phenoxy) is 3. The summed E-state index contributed by atoms with van der Waals surface area (Å²) < 4.78 is 43.6. The van der Waals surface area contributed by atoms with Crippen molar-refractivity contribution in [2.24, 2.45) is 0 Å². The van der Waals surface area contributed by atoms with Gasteiger partial charge in [-0.05, 0) is 56.6 Å². The van der Waals surface area contributed by atoms with Crippen LogP contribution in [0.15, 0.2) is 65.7 Å². The summed E-state index contributed by atoms with van der Waals surface area (Å²) in [5.41, 5.74) is 1.64. The number of hydrogen-bond donors (Lipinski definition) is 3. The van der Waals surface area contributed by atoms with E-state index in [0.717, 1.165) is 49.4 Å². The molecule has 3 heterocycles. The van der Waals surface area contributed by atoms with Gasteiger partial charge >= 0.3 is 0 Å². The Morgan fingerprint density at radius 3 is 2.71 bits per heavy atom. The van der Waals surface area contributed by atoms with Gasteiger partial charge in [0.15, 0.2) is 0 Å². The third kappa shape index (κ3) is 7.14. The van der Waals surface area contributed by atoms with Crippen molar-refractivity contribution >= 4 is 16.0 Å². The van der Waals surface area contributed by atoms with Crippen molar-refractivity contribution in [3.05, 3.63) is 60.8 Å². The van der Waals surface area contributed by atoms with Crippen molar-refractivity contribution in [1.29, 1.82) is 0 Å². The Hall–Kier alpha value is -3.29. The third-order valence-electron chi connectivity index (χ3n) is 7.64. The van der Waals surface area contributed by atoms with E-state index in [1.165, 1.54) is 19.2 Å². The van der Waals surface area contributed by atoms with E-state index < -0.39 is 16.1 Å². The quantitative estimate of drug-likeness (QED) is 0.308. The number of rotatable bonds is 11. The highest BCUT2D eigenvalue weighted by atomic mass is 32.2. The number of sulfonamides is 1. The van der Waals surface area contributed by atoms with Gasteiger partial charge in [0, 0.05) is 43.5 Å². The summed E-state index contributed by atoms with van der Waals surface area (Å²) in [7, 11) is -0.553. The number of aliphatic hydroxyl groups excluding tert-OH is 1. The highest BCUT2D eigenvalue weighted by Crippen LogP contribution is 2.37. The maximum absolute atomic E-state index is 12.0. The fourth-order valence-corrected chi connectivity index (χ4v) is 6.05. The zero-order valence-corrected chi connectivity index (χ0v) is 24.1. The topological polar surface area (TPSA) is 135 Å². The number of aromatic nitrogens is 2. The van der Waals surface area contributed by atoms with Gasteiger partial charge in [0.25, 0.3) is 0 Å². The second-order valence-electron chi connectivity index (χ2n) is 10.4. The molecule has 5 rings (SSSR count). The molecule has 12 heteroatoms. The zero-order valence-electron chi connectivity index (χ0n) is 23.3. The van der Waals surface area contributed by atoms with Crippen LogP contribution in [0.1, 0.15) is 19.3 Å². The van der Waals surface area contributed by atoms with Gasteiger partial charge in [-0.1, -0.05) is 18.2 Å². The maximum Gasteiger partial charge on any atom is 0.240 e. The van der Waals surface area contributed by atoms with Gasteiger partial charge in [-0.2, -0.15) is 0 Å². The van der Waals surface area contributed by atoms with Crippen LogP contribution in [0, 0.1) is 0 Å². The lowest BCUT2D eigenvalue weighted by Crippen LogP contribution is -2.45. The van der Waals surface area contributed by atoms with E-state index in [9.17, 15) is 13.5 Å². The Bertz CT molecular complexity index is 1430. The molecule has 0 aliphatic carbocycles. The molecule has 0 bridgehead atoms. The number of hydrogen-bond acceptors (Lipinski definition) is 10. The Kier molecular flexibility index (Phi) is 9.05. The summed E-state index contributed by atoms with van der Waals surface area (Å²) in [6.07, 6.45) is 3.64. The summed E-state index contributed by atoms with van der Waals surface area (Å²) in [6.45, 7) is 2.56. The molecule has 1 spiro atoms. The molecule has 2 fully saturated rings. The molecule has 2 aliphatic heterocycles. The summed E-state index contributed by atoms with van der Waals surface area (Å²) in [4.78, 5) is 11.7. The third-order valence-corrected chi connectivity index (χ3v) is 9.06. The monoisotopic (exact) mass is 583 g/mol. The van der Waals surface area contributed by atoms with E-state index in [4.69, 9.17) is 19.2 Å². The van der Waals surface area contributed by atoms with Crippen LogP contribution in [0.3, 0.4) is 0 Å². The SMILES string of the molecule is CNS(=O)(=O)c1cccc(OC[C@@H](O)CNC2COC3(CCN(c4nccc(-c5cccc(OC)c5)n4)CC3)C2)c1. The van der Waals surface area contributed by atoms with E-state index >= 15 is 0 Å². The lowest BCUT2D eigenvalue weighted by molar-refractivity contribution is -0.0152. The van der Waals surface area contributed by atoms with Gasteiger partial charge in [0.05, 0.1) is 29.9 Å². The first-order valence-electron chi connectivity index (χ1n) is 13.7. The van der Waals surface area contributed by atoms with Crippen molar-refractivity contribution < 1.29 is 27.7 Å². The highest BCUT2D eigenvalue weighted by molar-refractivity contribution is 7.89. The second-order valence-corrected chi connectivity index (χ2v) is 12.3. The maximum atomic E-state index is 12.0. The van der Waals surface area contributed by atoms with Gasteiger partial charge < -0.3 is 29.5 Å². The van der Waals surface area contributed by atoms with Crippen LogP contribution in [0.25, 0.3) is 11.3 Å². The first kappa shape index (κ1) is 29.2. The highest BCUT2D eigenvalue weighted by Gasteiger charge is 2.43. The lowest BCUT2D eigenvalue weighted by Gasteiger charge is -2.38. The zero-order chi connectivity index (χ0) is 28.9. The molecule has 2 saturated heterocycles. The van der Waals surface area contributed by atoms with E-state index in [0.29, 0.717) is 24.8 Å². The van der Waals surface area contributed by atoms with Crippen LogP contribution in [0.2, 0.25) is 0 Å². The number of anilines is 1. The van der Waals surface area contributed by atoms with E-state index in [2.05, 4.69) is 19.9 Å². The largest absolute Gasteiger partial charge is 0.497 e. The standard InChI is InChI=1S/C29H37N5O6S/c1-30-41(36,37)26-8-4-7-25(16-26)39-20-23(35)18-32-22-17-29(40-19-22)10-13-34(14-11-29)28-31-12-9-27(33-28)21-5-3-6-24(15-21)38-2/h3-9,12,15-16,22-23,30,32,35H,10-11,13-14,17-20H2,1-2H3/t22?,23-/m0/s1. The van der Waals surface area contributed by atoms with Gasteiger partial charge in [-0.3, -0.25) is 0 Å². The summed E-state index contributed by atoms with van der Waals surface area (Å²) >= 11 is 0. The normalized spacial score (nSPS) is 19.3. The predicted molar refractivity (Wildman–Crippen MR) is 155 cm³/mol. The Morgan fingerprint density at radius 1 is 1.15 bits per heavy atom. The molecule has 3 aromatic rings. The summed E-state index contributed by atoms with van der Waals surface area (Å²) in [5.74, 6) is 1.88.